The average Bonchev–Trinajstić information content (AvgIpc) is 2.79. The fraction of sp³-hybridized carbons (Fsp3) is 0.0909. The van der Waals surface area contributed by atoms with E-state index in [2.05, 4.69) is 4.98 Å². The maximum absolute atomic E-state index is 12.9. The van der Waals surface area contributed by atoms with Gasteiger partial charge in [0.2, 0.25) is 0 Å². The molecule has 0 radical (unpaired) electrons. The van der Waals surface area contributed by atoms with E-state index in [-0.39, 0.29) is 23.8 Å². The summed E-state index contributed by atoms with van der Waals surface area (Å²) in [6, 6.07) is 2.98. The lowest BCUT2D eigenvalue weighted by Crippen LogP contribution is -2.04. The summed E-state index contributed by atoms with van der Waals surface area (Å²) in [5.74, 6) is -3.25. The van der Waals surface area contributed by atoms with E-state index in [1.807, 2.05) is 0 Å². The van der Waals surface area contributed by atoms with Crippen molar-refractivity contribution in [1.29, 1.82) is 0 Å². The van der Waals surface area contributed by atoms with Crippen molar-refractivity contribution in [2.24, 2.45) is 0 Å². The maximum Gasteiger partial charge on any atom is 0.358 e. The number of ether oxygens (including phenoxy) is 1. The van der Waals surface area contributed by atoms with E-state index in [9.17, 15) is 13.6 Å². The quantitative estimate of drug-likeness (QED) is 0.906. The van der Waals surface area contributed by atoms with Crippen molar-refractivity contribution in [3.63, 3.8) is 0 Å². The summed E-state index contributed by atoms with van der Waals surface area (Å²) in [6.45, 7) is -0.243. The van der Waals surface area contributed by atoms with Crippen LogP contribution in [0, 0.1) is 11.6 Å². The van der Waals surface area contributed by atoms with Crippen molar-refractivity contribution in [2.75, 3.05) is 0 Å². The molecule has 0 amide bonds. The van der Waals surface area contributed by atoms with E-state index < -0.39 is 17.6 Å². The molecule has 0 saturated heterocycles. The van der Waals surface area contributed by atoms with Gasteiger partial charge in [-0.2, -0.15) is 0 Å². The molecule has 1 N–H and O–H groups in total. The Morgan fingerprint density at radius 1 is 1.39 bits per heavy atom. The van der Waals surface area contributed by atoms with E-state index in [1.165, 1.54) is 6.07 Å². The average molecular weight is 255 g/mol. The Morgan fingerprint density at radius 3 is 2.83 bits per heavy atom. The molecule has 0 saturated carbocycles. The molecule has 7 heteroatoms. The molecule has 0 aliphatic rings. The summed E-state index contributed by atoms with van der Waals surface area (Å²) in [5, 5.41) is 8.74. The monoisotopic (exact) mass is 255 g/mol. The fourth-order valence-corrected chi connectivity index (χ4v) is 1.26. The van der Waals surface area contributed by atoms with Gasteiger partial charge in [-0.3, -0.25) is 0 Å². The van der Waals surface area contributed by atoms with Gasteiger partial charge in [-0.25, -0.2) is 18.6 Å². The molecule has 0 fully saturated rings. The molecule has 0 bridgehead atoms. The summed E-state index contributed by atoms with van der Waals surface area (Å²) in [4.78, 5) is 14.2. The molecule has 18 heavy (non-hydrogen) atoms. The first-order valence-corrected chi connectivity index (χ1v) is 4.81. The van der Waals surface area contributed by atoms with E-state index >= 15 is 0 Å². The second kappa shape index (κ2) is 4.82. The van der Waals surface area contributed by atoms with Gasteiger partial charge in [-0.1, -0.05) is 0 Å². The number of nitrogens with zero attached hydrogens (tertiary/aromatic N) is 1. The SMILES string of the molecule is O=C(O)c1ncoc1COc1ccc(F)c(F)c1. The lowest BCUT2D eigenvalue weighted by molar-refractivity contribution is 0.0686. The smallest absolute Gasteiger partial charge is 0.358 e. The van der Waals surface area contributed by atoms with Crippen LogP contribution in [0.1, 0.15) is 16.2 Å². The van der Waals surface area contributed by atoms with Crippen molar-refractivity contribution >= 4 is 5.97 Å². The molecular weight excluding hydrogens is 248 g/mol. The maximum atomic E-state index is 12.9. The van der Waals surface area contributed by atoms with Crippen LogP contribution in [0.3, 0.4) is 0 Å². The number of oxazole rings is 1. The van der Waals surface area contributed by atoms with Crippen LogP contribution < -0.4 is 4.74 Å². The number of aromatic nitrogens is 1. The third-order valence-corrected chi connectivity index (χ3v) is 2.10. The van der Waals surface area contributed by atoms with Crippen LogP contribution in [0.2, 0.25) is 0 Å². The Morgan fingerprint density at radius 2 is 2.17 bits per heavy atom. The number of carboxylic acid groups (broad SMARTS) is 1. The number of carbonyl (C=O) groups is 1. The summed E-state index contributed by atoms with van der Waals surface area (Å²) in [6.07, 6.45) is 0.966. The Balaban J connectivity index is 2.09. The number of hydrogen-bond acceptors (Lipinski definition) is 4. The number of rotatable bonds is 4. The zero-order valence-electron chi connectivity index (χ0n) is 8.89. The number of halogens is 2. The topological polar surface area (TPSA) is 72.6 Å². The van der Waals surface area contributed by atoms with Gasteiger partial charge in [0.05, 0.1) is 0 Å². The Labute approximate surface area is 99.6 Å². The highest BCUT2D eigenvalue weighted by Crippen LogP contribution is 2.17. The molecule has 2 aromatic rings. The molecule has 0 unspecified atom stereocenters. The molecule has 2 rings (SSSR count). The minimum Gasteiger partial charge on any atom is -0.485 e. The molecular formula is C11H7F2NO4. The molecule has 5 nitrogen and oxygen atoms in total. The van der Waals surface area contributed by atoms with Crippen LogP contribution in [0.5, 0.6) is 5.75 Å². The van der Waals surface area contributed by atoms with Crippen LogP contribution in [-0.4, -0.2) is 16.1 Å². The minimum absolute atomic E-state index is 0.00719. The first kappa shape index (κ1) is 12.0. The molecule has 0 spiro atoms. The van der Waals surface area contributed by atoms with E-state index in [0.29, 0.717) is 0 Å². The highest BCUT2D eigenvalue weighted by Gasteiger charge is 2.16. The van der Waals surface area contributed by atoms with E-state index in [1.54, 1.807) is 0 Å². The summed E-state index contributed by atoms with van der Waals surface area (Å²) >= 11 is 0. The Bertz CT molecular complexity index is 582. The van der Waals surface area contributed by atoms with Crippen LogP contribution in [0.15, 0.2) is 29.0 Å². The zero-order chi connectivity index (χ0) is 13.1. The highest BCUT2D eigenvalue weighted by molar-refractivity contribution is 5.86. The van der Waals surface area contributed by atoms with Gasteiger partial charge in [0, 0.05) is 6.07 Å². The van der Waals surface area contributed by atoms with Crippen molar-refractivity contribution in [3.8, 4) is 5.75 Å². The number of aromatic carboxylic acids is 1. The molecule has 0 aliphatic carbocycles. The molecule has 1 heterocycles. The van der Waals surface area contributed by atoms with Gasteiger partial charge in [0.1, 0.15) is 12.4 Å². The predicted octanol–water partition coefficient (Wildman–Crippen LogP) is 2.23. The van der Waals surface area contributed by atoms with Crippen LogP contribution in [0.25, 0.3) is 0 Å². The van der Waals surface area contributed by atoms with Crippen LogP contribution >= 0.6 is 0 Å². The van der Waals surface area contributed by atoms with Crippen LogP contribution in [-0.2, 0) is 6.61 Å². The first-order valence-electron chi connectivity index (χ1n) is 4.81. The molecule has 94 valence electrons. The van der Waals surface area contributed by atoms with Crippen molar-refractivity contribution in [1.82, 2.24) is 4.98 Å². The third-order valence-electron chi connectivity index (χ3n) is 2.10. The van der Waals surface area contributed by atoms with Crippen LogP contribution in [0.4, 0.5) is 8.78 Å². The predicted molar refractivity (Wildman–Crippen MR) is 54.2 cm³/mol. The highest BCUT2D eigenvalue weighted by atomic mass is 19.2. The van der Waals surface area contributed by atoms with Gasteiger partial charge >= 0.3 is 5.97 Å². The van der Waals surface area contributed by atoms with Gasteiger partial charge in [-0.15, -0.1) is 0 Å². The molecule has 0 atom stereocenters. The Hall–Kier alpha value is -2.44. The minimum atomic E-state index is -1.26. The summed E-state index contributed by atoms with van der Waals surface area (Å²) < 4.78 is 35.4. The normalized spacial score (nSPS) is 10.3. The summed E-state index contributed by atoms with van der Waals surface area (Å²) in [5.41, 5.74) is -0.280. The molecule has 1 aromatic carbocycles. The van der Waals surface area contributed by atoms with Crippen molar-refractivity contribution in [3.05, 3.63) is 47.7 Å². The fourth-order valence-electron chi connectivity index (χ4n) is 1.26. The lowest BCUT2D eigenvalue weighted by Gasteiger charge is -2.04. The number of hydrogen-bond donors (Lipinski definition) is 1. The van der Waals surface area contributed by atoms with E-state index in [4.69, 9.17) is 14.3 Å². The van der Waals surface area contributed by atoms with Crippen molar-refractivity contribution < 1.29 is 27.8 Å². The number of carboxylic acids is 1. The number of benzene rings is 1. The summed E-state index contributed by atoms with van der Waals surface area (Å²) in [7, 11) is 0. The second-order valence-corrected chi connectivity index (χ2v) is 3.29. The lowest BCUT2D eigenvalue weighted by atomic mass is 10.3. The second-order valence-electron chi connectivity index (χ2n) is 3.29. The van der Waals surface area contributed by atoms with Crippen molar-refractivity contribution in [2.45, 2.75) is 6.61 Å². The standard InChI is InChI=1S/C11H7F2NO4/c12-7-2-1-6(3-8(7)13)17-4-9-10(11(15)16)14-5-18-9/h1-3,5H,4H2,(H,15,16). The zero-order valence-corrected chi connectivity index (χ0v) is 8.89. The van der Waals surface area contributed by atoms with Gasteiger partial charge < -0.3 is 14.3 Å². The Kier molecular flexibility index (Phi) is 3.22. The van der Waals surface area contributed by atoms with Gasteiger partial charge in [-0.05, 0) is 12.1 Å². The van der Waals surface area contributed by atoms with Gasteiger partial charge in [0.25, 0.3) is 0 Å². The van der Waals surface area contributed by atoms with Gasteiger partial charge in [0.15, 0.2) is 29.5 Å². The van der Waals surface area contributed by atoms with E-state index in [0.717, 1.165) is 18.5 Å². The molecule has 1 aromatic heterocycles. The first-order chi connectivity index (χ1) is 8.58. The molecule has 0 aliphatic heterocycles. The third kappa shape index (κ3) is 2.45. The largest absolute Gasteiger partial charge is 0.485 e.